The molecule has 0 heterocycles. The van der Waals surface area contributed by atoms with Crippen LogP contribution in [0.5, 0.6) is 5.75 Å². The van der Waals surface area contributed by atoms with E-state index in [1.54, 1.807) is 19.1 Å². The highest BCUT2D eigenvalue weighted by Crippen LogP contribution is 2.24. The molecule has 2 rings (SSSR count). The summed E-state index contributed by atoms with van der Waals surface area (Å²) in [5, 5.41) is 3.70. The van der Waals surface area contributed by atoms with E-state index < -0.39 is 0 Å². The lowest BCUT2D eigenvalue weighted by Gasteiger charge is -2.13. The molecule has 0 aromatic heterocycles. The number of fused-ring (bicyclic) bond motifs is 1. The standard InChI is InChI=1S/C14H16N2O2/c1-16(2)15-14(17)10-18-13-9-5-7-11-6-3-4-8-12(11)13/h3-9H,10H2,1-2H3,(H,15,17). The third-order valence-corrected chi connectivity index (χ3v) is 2.46. The van der Waals surface area contributed by atoms with Crippen molar-refractivity contribution in [1.29, 1.82) is 0 Å². The molecule has 1 amide bonds. The van der Waals surface area contributed by atoms with Gasteiger partial charge in [0.25, 0.3) is 5.91 Å². The van der Waals surface area contributed by atoms with Gasteiger partial charge >= 0.3 is 0 Å². The number of benzene rings is 2. The van der Waals surface area contributed by atoms with E-state index in [1.807, 2.05) is 42.5 Å². The highest BCUT2D eigenvalue weighted by molar-refractivity contribution is 5.88. The first-order valence-corrected chi connectivity index (χ1v) is 5.74. The number of ether oxygens (including phenoxy) is 1. The van der Waals surface area contributed by atoms with Crippen LogP contribution in [0.2, 0.25) is 0 Å². The zero-order valence-corrected chi connectivity index (χ0v) is 10.5. The summed E-state index contributed by atoms with van der Waals surface area (Å²) in [5.41, 5.74) is 2.63. The number of nitrogens with zero attached hydrogens (tertiary/aromatic N) is 1. The van der Waals surface area contributed by atoms with Crippen molar-refractivity contribution in [3.63, 3.8) is 0 Å². The van der Waals surface area contributed by atoms with Crippen molar-refractivity contribution in [1.82, 2.24) is 10.4 Å². The Morgan fingerprint density at radius 1 is 1.17 bits per heavy atom. The smallest absolute Gasteiger partial charge is 0.272 e. The van der Waals surface area contributed by atoms with E-state index in [2.05, 4.69) is 5.43 Å². The third-order valence-electron chi connectivity index (χ3n) is 2.46. The van der Waals surface area contributed by atoms with Crippen molar-refractivity contribution in [3.8, 4) is 5.75 Å². The fraction of sp³-hybridized carbons (Fsp3) is 0.214. The van der Waals surface area contributed by atoms with Crippen LogP contribution in [0.1, 0.15) is 0 Å². The molecule has 0 aliphatic heterocycles. The number of amides is 1. The zero-order valence-electron chi connectivity index (χ0n) is 10.5. The molecule has 1 N–H and O–H groups in total. The molecule has 4 heteroatoms. The molecule has 0 saturated heterocycles. The maximum absolute atomic E-state index is 11.5. The first kappa shape index (κ1) is 12.4. The van der Waals surface area contributed by atoms with Crippen LogP contribution >= 0.6 is 0 Å². The maximum atomic E-state index is 11.5. The highest BCUT2D eigenvalue weighted by Gasteiger charge is 2.05. The molecule has 2 aromatic rings. The fourth-order valence-electron chi connectivity index (χ4n) is 1.75. The van der Waals surface area contributed by atoms with Crippen molar-refractivity contribution < 1.29 is 9.53 Å². The lowest BCUT2D eigenvalue weighted by atomic mass is 10.1. The SMILES string of the molecule is CN(C)NC(=O)COc1cccc2ccccc12. The van der Waals surface area contributed by atoms with Gasteiger partial charge in [-0.1, -0.05) is 36.4 Å². The number of hydrazine groups is 1. The van der Waals surface area contributed by atoms with Crippen LogP contribution in [-0.2, 0) is 4.79 Å². The fourth-order valence-corrected chi connectivity index (χ4v) is 1.75. The molecular formula is C14H16N2O2. The van der Waals surface area contributed by atoms with Crippen LogP contribution in [-0.4, -0.2) is 31.6 Å². The number of carbonyl (C=O) groups is 1. The van der Waals surface area contributed by atoms with Crippen molar-refractivity contribution in [2.45, 2.75) is 0 Å². The van der Waals surface area contributed by atoms with E-state index in [1.165, 1.54) is 0 Å². The number of rotatable bonds is 4. The normalized spacial score (nSPS) is 10.6. The number of hydrogen-bond acceptors (Lipinski definition) is 3. The van der Waals surface area contributed by atoms with Crippen LogP contribution in [0.15, 0.2) is 42.5 Å². The van der Waals surface area contributed by atoms with Crippen LogP contribution in [0, 0.1) is 0 Å². The molecule has 0 saturated carbocycles. The topological polar surface area (TPSA) is 41.6 Å². The predicted molar refractivity (Wildman–Crippen MR) is 71.3 cm³/mol. The van der Waals surface area contributed by atoms with E-state index in [0.717, 1.165) is 16.5 Å². The molecule has 0 bridgehead atoms. The van der Waals surface area contributed by atoms with E-state index in [4.69, 9.17) is 4.74 Å². The Labute approximate surface area is 106 Å². The van der Waals surface area contributed by atoms with E-state index in [0.29, 0.717) is 0 Å². The van der Waals surface area contributed by atoms with Crippen molar-refractivity contribution in [2.24, 2.45) is 0 Å². The van der Waals surface area contributed by atoms with Gasteiger partial charge in [-0.05, 0) is 11.5 Å². The quantitative estimate of drug-likeness (QED) is 0.834. The van der Waals surface area contributed by atoms with Crippen molar-refractivity contribution >= 4 is 16.7 Å². The number of carbonyl (C=O) groups excluding carboxylic acids is 1. The van der Waals surface area contributed by atoms with Gasteiger partial charge in [0.1, 0.15) is 5.75 Å². The Morgan fingerprint density at radius 3 is 2.67 bits per heavy atom. The minimum Gasteiger partial charge on any atom is -0.483 e. The van der Waals surface area contributed by atoms with Gasteiger partial charge in [0, 0.05) is 19.5 Å². The summed E-state index contributed by atoms with van der Waals surface area (Å²) in [6.45, 7) is 0.00614. The molecule has 0 radical (unpaired) electrons. The van der Waals surface area contributed by atoms with Gasteiger partial charge in [-0.2, -0.15) is 0 Å². The predicted octanol–water partition coefficient (Wildman–Crippen LogP) is 1.81. The van der Waals surface area contributed by atoms with Crippen LogP contribution in [0.3, 0.4) is 0 Å². The van der Waals surface area contributed by atoms with Gasteiger partial charge in [0.15, 0.2) is 6.61 Å². The summed E-state index contributed by atoms with van der Waals surface area (Å²) in [5.74, 6) is 0.551. The summed E-state index contributed by atoms with van der Waals surface area (Å²) in [4.78, 5) is 11.5. The minimum atomic E-state index is -0.173. The Morgan fingerprint density at radius 2 is 1.89 bits per heavy atom. The second-order valence-corrected chi connectivity index (χ2v) is 4.20. The third kappa shape index (κ3) is 2.99. The summed E-state index contributed by atoms with van der Waals surface area (Å²) >= 11 is 0. The summed E-state index contributed by atoms with van der Waals surface area (Å²) < 4.78 is 5.54. The van der Waals surface area contributed by atoms with Crippen molar-refractivity contribution in [2.75, 3.05) is 20.7 Å². The van der Waals surface area contributed by atoms with Gasteiger partial charge in [0.05, 0.1) is 0 Å². The lowest BCUT2D eigenvalue weighted by Crippen LogP contribution is -2.39. The maximum Gasteiger partial charge on any atom is 0.272 e. The van der Waals surface area contributed by atoms with Gasteiger partial charge in [-0.25, -0.2) is 5.01 Å². The molecule has 0 unspecified atom stereocenters. The molecule has 0 aliphatic rings. The average Bonchev–Trinajstić information content (AvgIpc) is 2.35. The molecular weight excluding hydrogens is 228 g/mol. The van der Waals surface area contributed by atoms with E-state index >= 15 is 0 Å². The van der Waals surface area contributed by atoms with Gasteiger partial charge in [-0.15, -0.1) is 0 Å². The molecule has 0 aliphatic carbocycles. The molecule has 0 fully saturated rings. The first-order valence-electron chi connectivity index (χ1n) is 5.74. The summed E-state index contributed by atoms with van der Waals surface area (Å²) in [7, 11) is 3.52. The largest absolute Gasteiger partial charge is 0.483 e. The second-order valence-electron chi connectivity index (χ2n) is 4.20. The average molecular weight is 244 g/mol. The Hall–Kier alpha value is -2.07. The molecule has 94 valence electrons. The Bertz CT molecular complexity index is 547. The molecule has 0 spiro atoms. The van der Waals surface area contributed by atoms with E-state index in [9.17, 15) is 4.79 Å². The zero-order chi connectivity index (χ0) is 13.0. The number of hydrogen-bond donors (Lipinski definition) is 1. The van der Waals surface area contributed by atoms with Crippen LogP contribution in [0.4, 0.5) is 0 Å². The van der Waals surface area contributed by atoms with Gasteiger partial charge in [0.2, 0.25) is 0 Å². The first-order chi connectivity index (χ1) is 8.66. The van der Waals surface area contributed by atoms with Gasteiger partial charge in [-0.3, -0.25) is 10.2 Å². The summed E-state index contributed by atoms with van der Waals surface area (Å²) in [6.07, 6.45) is 0. The van der Waals surface area contributed by atoms with Gasteiger partial charge < -0.3 is 4.74 Å². The highest BCUT2D eigenvalue weighted by atomic mass is 16.5. The van der Waals surface area contributed by atoms with Crippen LogP contribution in [0.25, 0.3) is 10.8 Å². The molecule has 18 heavy (non-hydrogen) atoms. The molecule has 2 aromatic carbocycles. The second kappa shape index (κ2) is 5.51. The minimum absolute atomic E-state index is 0.00614. The molecule has 4 nitrogen and oxygen atoms in total. The Kier molecular flexibility index (Phi) is 3.79. The summed E-state index contributed by atoms with van der Waals surface area (Å²) in [6, 6.07) is 13.7. The Balaban J connectivity index is 2.10. The number of nitrogens with one attached hydrogen (secondary N) is 1. The monoisotopic (exact) mass is 244 g/mol. The van der Waals surface area contributed by atoms with Crippen LogP contribution < -0.4 is 10.2 Å². The molecule has 0 atom stereocenters. The lowest BCUT2D eigenvalue weighted by molar-refractivity contribution is -0.126. The van der Waals surface area contributed by atoms with E-state index in [-0.39, 0.29) is 12.5 Å². The van der Waals surface area contributed by atoms with Crippen molar-refractivity contribution in [3.05, 3.63) is 42.5 Å².